The van der Waals surface area contributed by atoms with Crippen molar-refractivity contribution >= 4 is 16.6 Å². The molecule has 1 heterocycles. The van der Waals surface area contributed by atoms with Crippen LogP contribution in [0.4, 0.5) is 8.78 Å². The Hall–Kier alpha value is -1.95. The van der Waals surface area contributed by atoms with E-state index < -0.39 is 27.5 Å². The van der Waals surface area contributed by atoms with Gasteiger partial charge in [-0.3, -0.25) is 9.78 Å². The predicted molar refractivity (Wildman–Crippen MR) is 71.1 cm³/mol. The van der Waals surface area contributed by atoms with Crippen molar-refractivity contribution in [3.05, 3.63) is 59.9 Å². The van der Waals surface area contributed by atoms with Gasteiger partial charge in [0.25, 0.3) is 5.78 Å². The Labute approximate surface area is 117 Å². The average molecular weight is 295 g/mol. The lowest BCUT2D eigenvalue weighted by Crippen LogP contribution is -2.34. The van der Waals surface area contributed by atoms with Gasteiger partial charge in [-0.05, 0) is 31.2 Å². The van der Waals surface area contributed by atoms with Gasteiger partial charge in [-0.2, -0.15) is 8.78 Å². The van der Waals surface area contributed by atoms with Crippen LogP contribution in [0.1, 0.15) is 16.1 Å². The topological polar surface area (TPSA) is 47.0 Å². The molecule has 0 saturated carbocycles. The van der Waals surface area contributed by atoms with Crippen LogP contribution in [0.25, 0.3) is 0 Å². The molecule has 0 fully saturated rings. The lowest BCUT2D eigenvalue weighted by atomic mass is 10.2. The Balaban J connectivity index is 2.32. The second-order valence-electron chi connectivity index (χ2n) is 4.14. The van der Waals surface area contributed by atoms with E-state index in [1.165, 1.54) is 36.5 Å². The fourth-order valence-electron chi connectivity index (χ4n) is 1.54. The van der Waals surface area contributed by atoms with Gasteiger partial charge in [0.05, 0.1) is 0 Å². The number of Topliss-reactive ketones (excluding diaryl/α,β-unsaturated/α-hetero) is 1. The standard InChI is InChI=1S/C14H11F2NO2S/c1-10-5-7-11(8-6-10)20(19)14(15,16)13(18)12-4-2-3-9-17-12/h2-9H,1H3. The summed E-state index contributed by atoms with van der Waals surface area (Å²) in [6.07, 6.45) is 1.23. The lowest BCUT2D eigenvalue weighted by molar-refractivity contribution is 0.0541. The van der Waals surface area contributed by atoms with E-state index in [0.717, 1.165) is 5.56 Å². The van der Waals surface area contributed by atoms with E-state index in [1.807, 2.05) is 0 Å². The number of ketones is 1. The number of benzene rings is 1. The predicted octanol–water partition coefficient (Wildman–Crippen LogP) is 2.97. The maximum atomic E-state index is 14.0. The number of halogens is 2. The number of alkyl halides is 2. The minimum Gasteiger partial charge on any atom is -0.284 e. The number of aromatic nitrogens is 1. The van der Waals surface area contributed by atoms with E-state index in [0.29, 0.717) is 0 Å². The maximum Gasteiger partial charge on any atom is 0.388 e. The molecule has 0 spiro atoms. The first-order valence-corrected chi connectivity index (χ1v) is 6.90. The zero-order chi connectivity index (χ0) is 14.8. The average Bonchev–Trinajstić information content (AvgIpc) is 2.47. The molecule has 0 aliphatic rings. The van der Waals surface area contributed by atoms with Crippen molar-refractivity contribution in [3.8, 4) is 0 Å². The summed E-state index contributed by atoms with van der Waals surface area (Å²) in [4.78, 5) is 15.2. The van der Waals surface area contributed by atoms with Crippen molar-refractivity contribution in [1.82, 2.24) is 4.98 Å². The number of hydrogen-bond donors (Lipinski definition) is 0. The van der Waals surface area contributed by atoms with Gasteiger partial charge in [-0.1, -0.05) is 23.8 Å². The summed E-state index contributed by atoms with van der Waals surface area (Å²) >= 11 is 0. The summed E-state index contributed by atoms with van der Waals surface area (Å²) in [6.45, 7) is 1.78. The molecule has 0 aliphatic carbocycles. The molecule has 0 N–H and O–H groups in total. The van der Waals surface area contributed by atoms with E-state index in [1.54, 1.807) is 19.1 Å². The number of rotatable bonds is 4. The van der Waals surface area contributed by atoms with Crippen molar-refractivity contribution in [3.63, 3.8) is 0 Å². The van der Waals surface area contributed by atoms with Crippen LogP contribution in [-0.2, 0) is 10.8 Å². The molecule has 0 saturated heterocycles. The van der Waals surface area contributed by atoms with Gasteiger partial charge in [0.15, 0.2) is 0 Å². The summed E-state index contributed by atoms with van der Waals surface area (Å²) < 4.78 is 39.9. The Bertz CT molecular complexity index is 642. The van der Waals surface area contributed by atoms with Crippen molar-refractivity contribution in [2.75, 3.05) is 0 Å². The Morgan fingerprint density at radius 1 is 1.15 bits per heavy atom. The number of carbonyl (C=O) groups is 1. The molecule has 1 atom stereocenters. The summed E-state index contributed by atoms with van der Waals surface area (Å²) in [5.41, 5.74) is 0.447. The van der Waals surface area contributed by atoms with Crippen molar-refractivity contribution in [2.24, 2.45) is 0 Å². The van der Waals surface area contributed by atoms with Crippen LogP contribution in [0.3, 0.4) is 0 Å². The zero-order valence-electron chi connectivity index (χ0n) is 10.5. The van der Waals surface area contributed by atoms with Crippen LogP contribution in [0.5, 0.6) is 0 Å². The van der Waals surface area contributed by atoms with Gasteiger partial charge < -0.3 is 0 Å². The van der Waals surface area contributed by atoms with Crippen LogP contribution in [-0.4, -0.2) is 20.2 Å². The van der Waals surface area contributed by atoms with Crippen LogP contribution < -0.4 is 0 Å². The fourth-order valence-corrected chi connectivity index (χ4v) is 2.49. The molecule has 0 amide bonds. The molecule has 2 aromatic rings. The van der Waals surface area contributed by atoms with Gasteiger partial charge in [-0.15, -0.1) is 0 Å². The molecule has 0 radical (unpaired) electrons. The summed E-state index contributed by atoms with van der Waals surface area (Å²) in [6, 6.07) is 9.87. The van der Waals surface area contributed by atoms with E-state index in [2.05, 4.69) is 4.98 Å². The van der Waals surface area contributed by atoms with Gasteiger partial charge >= 0.3 is 5.25 Å². The number of nitrogens with zero attached hydrogens (tertiary/aromatic N) is 1. The highest BCUT2D eigenvalue weighted by molar-refractivity contribution is 7.87. The first kappa shape index (κ1) is 14.5. The van der Waals surface area contributed by atoms with E-state index in [-0.39, 0.29) is 4.90 Å². The highest BCUT2D eigenvalue weighted by atomic mass is 32.2. The molecule has 1 unspecified atom stereocenters. The van der Waals surface area contributed by atoms with Crippen molar-refractivity contribution < 1.29 is 17.8 Å². The number of hydrogen-bond acceptors (Lipinski definition) is 3. The smallest absolute Gasteiger partial charge is 0.284 e. The van der Waals surface area contributed by atoms with E-state index in [4.69, 9.17) is 0 Å². The van der Waals surface area contributed by atoms with E-state index >= 15 is 0 Å². The van der Waals surface area contributed by atoms with Crippen molar-refractivity contribution in [1.29, 1.82) is 0 Å². The lowest BCUT2D eigenvalue weighted by Gasteiger charge is -2.14. The van der Waals surface area contributed by atoms with Crippen LogP contribution in [0.2, 0.25) is 0 Å². The van der Waals surface area contributed by atoms with Crippen LogP contribution in [0, 0.1) is 6.92 Å². The van der Waals surface area contributed by atoms with Gasteiger partial charge in [0.2, 0.25) is 0 Å². The Kier molecular flexibility index (Phi) is 4.04. The molecule has 104 valence electrons. The molecule has 0 bridgehead atoms. The molecular formula is C14H11F2NO2S. The fraction of sp³-hybridized carbons (Fsp3) is 0.143. The summed E-state index contributed by atoms with van der Waals surface area (Å²) in [5.74, 6) is -1.54. The van der Waals surface area contributed by atoms with Crippen LogP contribution in [0.15, 0.2) is 53.6 Å². The molecule has 1 aromatic carbocycles. The zero-order valence-corrected chi connectivity index (χ0v) is 11.4. The highest BCUT2D eigenvalue weighted by Gasteiger charge is 2.47. The second kappa shape index (κ2) is 5.58. The third kappa shape index (κ3) is 2.80. The van der Waals surface area contributed by atoms with Crippen molar-refractivity contribution in [2.45, 2.75) is 17.1 Å². The molecule has 1 aromatic heterocycles. The van der Waals surface area contributed by atoms with Gasteiger partial charge in [0, 0.05) is 11.1 Å². The molecule has 2 rings (SSSR count). The third-order valence-electron chi connectivity index (χ3n) is 2.63. The SMILES string of the molecule is Cc1ccc(S(=O)C(F)(F)C(=O)c2ccccn2)cc1. The summed E-state index contributed by atoms with van der Waals surface area (Å²) in [7, 11) is -2.76. The normalized spacial score (nSPS) is 12.9. The molecule has 3 nitrogen and oxygen atoms in total. The van der Waals surface area contributed by atoms with Gasteiger partial charge in [-0.25, -0.2) is 4.21 Å². The van der Waals surface area contributed by atoms with E-state index in [9.17, 15) is 17.8 Å². The number of carbonyl (C=O) groups excluding carboxylic acids is 1. The molecular weight excluding hydrogens is 284 g/mol. The number of aryl methyl sites for hydroxylation is 1. The number of pyridine rings is 1. The quantitative estimate of drug-likeness (QED) is 0.815. The molecule has 6 heteroatoms. The monoisotopic (exact) mass is 295 g/mol. The second-order valence-corrected chi connectivity index (χ2v) is 5.66. The Morgan fingerprint density at radius 2 is 1.80 bits per heavy atom. The van der Waals surface area contributed by atoms with Crippen LogP contribution >= 0.6 is 0 Å². The highest BCUT2D eigenvalue weighted by Crippen LogP contribution is 2.28. The Morgan fingerprint density at radius 3 is 2.35 bits per heavy atom. The molecule has 0 aliphatic heterocycles. The third-order valence-corrected chi connectivity index (χ3v) is 3.98. The van der Waals surface area contributed by atoms with Gasteiger partial charge in [0.1, 0.15) is 16.5 Å². The largest absolute Gasteiger partial charge is 0.388 e. The minimum absolute atomic E-state index is 0.0927. The minimum atomic E-state index is -4.01. The molecule has 20 heavy (non-hydrogen) atoms. The maximum absolute atomic E-state index is 14.0. The first-order chi connectivity index (χ1) is 9.43. The first-order valence-electron chi connectivity index (χ1n) is 5.75. The summed E-state index contributed by atoms with van der Waals surface area (Å²) in [5, 5.41) is -4.01.